The van der Waals surface area contributed by atoms with Crippen LogP contribution in [-0.2, 0) is 14.4 Å². The average Bonchev–Trinajstić information content (AvgIpc) is 3.11. The fraction of sp³-hybridized carbons (Fsp3) is 0.645. The lowest BCUT2D eigenvalue weighted by atomic mass is 9.97. The molecule has 0 aromatic rings. The summed E-state index contributed by atoms with van der Waals surface area (Å²) in [7, 11) is 1.70. The second-order valence-corrected chi connectivity index (χ2v) is 11.1. The van der Waals surface area contributed by atoms with Gasteiger partial charge in [0, 0.05) is 37.4 Å². The Morgan fingerprint density at radius 2 is 1.85 bits per heavy atom. The van der Waals surface area contributed by atoms with Crippen LogP contribution in [0.15, 0.2) is 47.2 Å². The van der Waals surface area contributed by atoms with Gasteiger partial charge in [-0.1, -0.05) is 64.8 Å². The predicted molar refractivity (Wildman–Crippen MR) is 161 cm³/mol. The Balaban J connectivity index is 0.00000242. The highest BCUT2D eigenvalue weighted by Crippen LogP contribution is 2.20. The Labute approximate surface area is 236 Å². The lowest BCUT2D eigenvalue weighted by Gasteiger charge is -2.38. The Kier molecular flexibility index (Phi) is 15.5. The van der Waals surface area contributed by atoms with E-state index >= 15 is 0 Å². The third-order valence-corrected chi connectivity index (χ3v) is 6.77. The molecule has 1 aliphatic carbocycles. The molecule has 0 aromatic carbocycles. The normalized spacial score (nSPS) is 18.8. The van der Waals surface area contributed by atoms with Crippen molar-refractivity contribution in [3.63, 3.8) is 0 Å². The molecule has 0 bridgehead atoms. The molecule has 1 aliphatic heterocycles. The highest BCUT2D eigenvalue weighted by atomic mass is 16.2. The number of hydrogen-bond acceptors (Lipinski definition) is 5. The van der Waals surface area contributed by atoms with Crippen molar-refractivity contribution in [3.8, 4) is 0 Å². The van der Waals surface area contributed by atoms with Gasteiger partial charge in [0.2, 0.25) is 17.7 Å². The lowest BCUT2D eigenvalue weighted by molar-refractivity contribution is -0.138. The average molecular weight is 544 g/mol. The minimum atomic E-state index is -0.617. The molecule has 2 atom stereocenters. The Hall–Kier alpha value is -2.87. The van der Waals surface area contributed by atoms with Gasteiger partial charge in [0.25, 0.3) is 0 Å². The van der Waals surface area contributed by atoms with Gasteiger partial charge in [0.15, 0.2) is 0 Å². The number of nitrogens with two attached hydrogens (primary N) is 1. The van der Waals surface area contributed by atoms with Crippen molar-refractivity contribution < 1.29 is 14.4 Å². The van der Waals surface area contributed by atoms with Crippen LogP contribution in [0.5, 0.6) is 0 Å². The van der Waals surface area contributed by atoms with Crippen LogP contribution in [0.25, 0.3) is 0 Å². The largest absolute Gasteiger partial charge is 0.399 e. The first-order valence-electron chi connectivity index (χ1n) is 14.5. The van der Waals surface area contributed by atoms with Crippen molar-refractivity contribution in [2.24, 2.45) is 11.7 Å². The van der Waals surface area contributed by atoms with Gasteiger partial charge in [-0.2, -0.15) is 0 Å². The third kappa shape index (κ3) is 11.8. The third-order valence-electron chi connectivity index (χ3n) is 6.77. The van der Waals surface area contributed by atoms with Gasteiger partial charge in [-0.3, -0.25) is 19.3 Å². The fourth-order valence-corrected chi connectivity index (χ4v) is 4.49. The zero-order valence-corrected chi connectivity index (χ0v) is 25.5. The van der Waals surface area contributed by atoms with Gasteiger partial charge >= 0.3 is 0 Å². The second-order valence-electron chi connectivity index (χ2n) is 11.1. The number of rotatable bonds is 10. The molecule has 39 heavy (non-hydrogen) atoms. The summed E-state index contributed by atoms with van der Waals surface area (Å²) in [6.07, 6.45) is 14.4. The van der Waals surface area contributed by atoms with Gasteiger partial charge in [-0.05, 0) is 64.1 Å². The zero-order valence-electron chi connectivity index (χ0n) is 25.5. The fourth-order valence-electron chi connectivity index (χ4n) is 4.49. The summed E-state index contributed by atoms with van der Waals surface area (Å²) < 4.78 is 0. The minimum absolute atomic E-state index is 0.0595. The zero-order chi connectivity index (χ0) is 29.5. The SMILES string of the molecule is C/C(=C\CN(C)C(=O)C(NC(=O)C1CCCCN1C(C)C)C(C)C)C(=O)NCC1=CC(N)=CCC=C1.CCC. The number of allylic oxidation sites excluding steroid dienone is 3. The summed E-state index contributed by atoms with van der Waals surface area (Å²) in [6, 6.07) is -0.540. The van der Waals surface area contributed by atoms with E-state index in [1.165, 1.54) is 6.42 Å². The Bertz CT molecular complexity index is 933. The van der Waals surface area contributed by atoms with Crippen LogP contribution in [0, 0.1) is 5.92 Å². The molecule has 0 saturated carbocycles. The van der Waals surface area contributed by atoms with Crippen LogP contribution < -0.4 is 16.4 Å². The molecule has 2 rings (SSSR count). The first-order valence-corrected chi connectivity index (χ1v) is 14.5. The highest BCUT2D eigenvalue weighted by Gasteiger charge is 2.34. The molecule has 8 heteroatoms. The molecule has 1 fully saturated rings. The number of carbonyl (C=O) groups is 3. The molecule has 0 aromatic heterocycles. The van der Waals surface area contributed by atoms with Gasteiger partial charge in [0.05, 0.1) is 6.04 Å². The van der Waals surface area contributed by atoms with Crippen molar-refractivity contribution >= 4 is 17.7 Å². The monoisotopic (exact) mass is 543 g/mol. The molecule has 2 unspecified atom stereocenters. The van der Waals surface area contributed by atoms with E-state index in [9.17, 15) is 14.4 Å². The van der Waals surface area contributed by atoms with Crippen LogP contribution in [-0.4, -0.2) is 72.3 Å². The van der Waals surface area contributed by atoms with Crippen LogP contribution in [0.2, 0.25) is 0 Å². The van der Waals surface area contributed by atoms with Gasteiger partial charge in [-0.25, -0.2) is 0 Å². The number of hydrogen-bond donors (Lipinski definition) is 3. The summed E-state index contributed by atoms with van der Waals surface area (Å²) in [5.74, 6) is -0.495. The molecule has 4 N–H and O–H groups in total. The van der Waals surface area contributed by atoms with E-state index < -0.39 is 6.04 Å². The van der Waals surface area contributed by atoms with Crippen LogP contribution in [0.4, 0.5) is 0 Å². The molecule has 3 amide bonds. The maximum atomic E-state index is 13.2. The van der Waals surface area contributed by atoms with Crippen molar-refractivity contribution in [3.05, 3.63) is 47.2 Å². The summed E-state index contributed by atoms with van der Waals surface area (Å²) >= 11 is 0. The smallest absolute Gasteiger partial charge is 0.246 e. The predicted octanol–water partition coefficient (Wildman–Crippen LogP) is 4.06. The molecule has 220 valence electrons. The van der Waals surface area contributed by atoms with E-state index in [1.54, 1.807) is 24.9 Å². The number of nitrogens with one attached hydrogen (secondary N) is 2. The summed E-state index contributed by atoms with van der Waals surface area (Å²) in [6.45, 7) is 15.6. The number of likely N-dealkylation sites (tertiary alicyclic amines) is 1. The van der Waals surface area contributed by atoms with Crippen molar-refractivity contribution in [2.75, 3.05) is 26.7 Å². The van der Waals surface area contributed by atoms with E-state index in [4.69, 9.17) is 5.73 Å². The standard InChI is InChI=1S/C28H45N5O3.C3H8/c1-19(2)25(31-27(35)24-13-9-10-15-33(24)20(3)4)28(36)32(6)16-14-21(5)26(34)30-18-22-11-7-8-12-23(29)17-22;1-3-2/h7,11-12,14,17,19-20,24-25H,8-10,13,15-16,18,29H2,1-6H3,(H,30,34)(H,31,35);3H2,1-2H3/b21-14+;. The molecule has 0 radical (unpaired) electrons. The lowest BCUT2D eigenvalue weighted by Crippen LogP contribution is -2.57. The summed E-state index contributed by atoms with van der Waals surface area (Å²) in [5, 5.41) is 5.92. The summed E-state index contributed by atoms with van der Waals surface area (Å²) in [5.41, 5.74) is 8.03. The topological polar surface area (TPSA) is 108 Å². The number of carbonyl (C=O) groups excluding carboxylic acids is 3. The summed E-state index contributed by atoms with van der Waals surface area (Å²) in [4.78, 5) is 42.7. The molecule has 0 spiro atoms. The molecule has 1 saturated heterocycles. The first kappa shape index (κ1) is 34.2. The Morgan fingerprint density at radius 3 is 2.46 bits per heavy atom. The molecule has 2 aliphatic rings. The van der Waals surface area contributed by atoms with Crippen molar-refractivity contribution in [2.45, 2.75) is 98.7 Å². The number of amides is 3. The number of nitrogens with zero attached hydrogens (tertiary/aromatic N) is 2. The van der Waals surface area contributed by atoms with Gasteiger partial charge in [-0.15, -0.1) is 0 Å². The van der Waals surface area contributed by atoms with Crippen LogP contribution in [0.3, 0.4) is 0 Å². The molecular weight excluding hydrogens is 490 g/mol. The van der Waals surface area contributed by atoms with E-state index in [1.807, 2.05) is 38.2 Å². The Morgan fingerprint density at radius 1 is 1.18 bits per heavy atom. The molecule has 8 nitrogen and oxygen atoms in total. The molecule has 1 heterocycles. The maximum Gasteiger partial charge on any atom is 0.246 e. The van der Waals surface area contributed by atoms with Crippen molar-refractivity contribution in [1.29, 1.82) is 0 Å². The molecular formula is C31H53N5O3. The van der Waals surface area contributed by atoms with E-state index in [-0.39, 0.29) is 42.3 Å². The van der Waals surface area contributed by atoms with E-state index in [2.05, 4.69) is 43.2 Å². The first-order chi connectivity index (χ1) is 18.4. The number of likely N-dealkylation sites (N-methyl/N-ethyl adjacent to an activating group) is 1. The van der Waals surface area contributed by atoms with Crippen LogP contribution >= 0.6 is 0 Å². The van der Waals surface area contributed by atoms with E-state index in [0.29, 0.717) is 17.8 Å². The highest BCUT2D eigenvalue weighted by molar-refractivity contribution is 5.93. The van der Waals surface area contributed by atoms with E-state index in [0.717, 1.165) is 37.8 Å². The van der Waals surface area contributed by atoms with Gasteiger partial charge < -0.3 is 21.3 Å². The van der Waals surface area contributed by atoms with Gasteiger partial charge in [0.1, 0.15) is 6.04 Å². The van der Waals surface area contributed by atoms with Crippen LogP contribution in [0.1, 0.15) is 80.6 Å². The second kappa shape index (κ2) is 17.7. The van der Waals surface area contributed by atoms with Crippen molar-refractivity contribution in [1.82, 2.24) is 20.4 Å². The maximum absolute atomic E-state index is 13.2. The number of piperidine rings is 1. The quantitative estimate of drug-likeness (QED) is 0.360. The minimum Gasteiger partial charge on any atom is -0.399 e.